The fraction of sp³-hybridized carbons (Fsp3) is 0.111. The van der Waals surface area contributed by atoms with Crippen molar-refractivity contribution in [2.45, 2.75) is 11.8 Å². The van der Waals surface area contributed by atoms with E-state index in [1.54, 1.807) is 12.1 Å². The summed E-state index contributed by atoms with van der Waals surface area (Å²) in [6.45, 7) is 5.39. The molecule has 0 heterocycles. The summed E-state index contributed by atoms with van der Waals surface area (Å²) in [4.78, 5) is 0.695. The van der Waals surface area contributed by atoms with E-state index in [0.717, 1.165) is 5.56 Å². The zero-order valence-electron chi connectivity index (χ0n) is 6.71. The lowest BCUT2D eigenvalue weighted by Gasteiger charge is -1.98. The molecular formula is C9H9ClOS. The van der Waals surface area contributed by atoms with Crippen molar-refractivity contribution in [1.29, 1.82) is 0 Å². The maximum Gasteiger partial charge on any atom is 0.102 e. The van der Waals surface area contributed by atoms with Crippen LogP contribution in [0.15, 0.2) is 40.1 Å². The van der Waals surface area contributed by atoms with Crippen molar-refractivity contribution in [2.24, 2.45) is 0 Å². The summed E-state index contributed by atoms with van der Waals surface area (Å²) in [7, 11) is -1.27. The molecule has 12 heavy (non-hydrogen) atoms. The molecule has 1 aromatic carbocycles. The van der Waals surface area contributed by atoms with Gasteiger partial charge in [0.2, 0.25) is 0 Å². The van der Waals surface area contributed by atoms with Crippen LogP contribution in [0.1, 0.15) is 5.56 Å². The molecule has 0 bridgehead atoms. The fourth-order valence-corrected chi connectivity index (χ4v) is 1.70. The van der Waals surface area contributed by atoms with Gasteiger partial charge in [-0.2, -0.15) is 0 Å². The molecule has 1 nitrogen and oxygen atoms in total. The number of rotatable bonds is 2. The van der Waals surface area contributed by atoms with Gasteiger partial charge in [0.25, 0.3) is 0 Å². The molecule has 1 aromatic rings. The first-order valence-electron chi connectivity index (χ1n) is 3.44. The summed E-state index contributed by atoms with van der Waals surface area (Å²) < 4.78 is 11.5. The van der Waals surface area contributed by atoms with Crippen molar-refractivity contribution >= 4 is 22.4 Å². The van der Waals surface area contributed by atoms with E-state index in [1.807, 2.05) is 19.1 Å². The molecular weight excluding hydrogens is 192 g/mol. The summed E-state index contributed by atoms with van der Waals surface area (Å²) >= 11 is 5.51. The predicted octanol–water partition coefficient (Wildman–Crippen LogP) is 2.81. The maximum absolute atomic E-state index is 11.3. The van der Waals surface area contributed by atoms with Crippen LogP contribution in [0, 0.1) is 6.92 Å². The first-order valence-corrected chi connectivity index (χ1v) is 4.97. The molecule has 0 amide bonds. The van der Waals surface area contributed by atoms with E-state index < -0.39 is 10.8 Å². The highest BCUT2D eigenvalue weighted by Crippen LogP contribution is 2.15. The van der Waals surface area contributed by atoms with Gasteiger partial charge in [0, 0.05) is 4.90 Å². The van der Waals surface area contributed by atoms with Crippen molar-refractivity contribution < 1.29 is 4.21 Å². The second-order valence-electron chi connectivity index (χ2n) is 2.44. The van der Waals surface area contributed by atoms with Crippen molar-refractivity contribution in [3.63, 3.8) is 0 Å². The van der Waals surface area contributed by atoms with Crippen LogP contribution in [0.4, 0.5) is 0 Å². The Bertz CT molecular complexity index is 316. The largest absolute Gasteiger partial charge is 0.248 e. The van der Waals surface area contributed by atoms with Crippen molar-refractivity contribution in [3.05, 3.63) is 40.8 Å². The highest BCUT2D eigenvalue weighted by molar-refractivity contribution is 7.90. The lowest BCUT2D eigenvalue weighted by molar-refractivity contribution is 0.688. The summed E-state index contributed by atoms with van der Waals surface area (Å²) in [5.41, 5.74) is 1.14. The molecule has 0 spiro atoms. The van der Waals surface area contributed by atoms with E-state index in [9.17, 15) is 4.21 Å². The Kier molecular flexibility index (Phi) is 3.06. The molecule has 0 saturated heterocycles. The van der Waals surface area contributed by atoms with Crippen LogP contribution in [0.25, 0.3) is 0 Å². The SMILES string of the molecule is C=C(Cl)S(=O)c1ccc(C)cc1. The monoisotopic (exact) mass is 200 g/mol. The smallest absolute Gasteiger partial charge is 0.102 e. The molecule has 0 radical (unpaired) electrons. The third-order valence-corrected chi connectivity index (χ3v) is 2.96. The first-order chi connectivity index (χ1) is 5.61. The van der Waals surface area contributed by atoms with Crippen LogP contribution in [-0.2, 0) is 10.8 Å². The van der Waals surface area contributed by atoms with Crippen LogP contribution in [0.2, 0.25) is 0 Å². The van der Waals surface area contributed by atoms with E-state index >= 15 is 0 Å². The van der Waals surface area contributed by atoms with Gasteiger partial charge in [-0.05, 0) is 19.1 Å². The van der Waals surface area contributed by atoms with Crippen LogP contribution in [0.5, 0.6) is 0 Å². The van der Waals surface area contributed by atoms with Gasteiger partial charge in [-0.15, -0.1) is 0 Å². The third kappa shape index (κ3) is 2.19. The Morgan fingerprint density at radius 2 is 1.92 bits per heavy atom. The molecule has 1 unspecified atom stereocenters. The molecule has 0 N–H and O–H groups in total. The molecule has 0 saturated carbocycles. The molecule has 0 aliphatic rings. The lowest BCUT2D eigenvalue weighted by Crippen LogP contribution is -1.89. The van der Waals surface area contributed by atoms with Crippen LogP contribution in [-0.4, -0.2) is 4.21 Å². The van der Waals surface area contributed by atoms with Crippen LogP contribution >= 0.6 is 11.6 Å². The highest BCUT2D eigenvalue weighted by Gasteiger charge is 2.04. The minimum absolute atomic E-state index is 0.166. The van der Waals surface area contributed by atoms with Crippen LogP contribution < -0.4 is 0 Å². The molecule has 3 heteroatoms. The summed E-state index contributed by atoms with van der Waals surface area (Å²) in [6, 6.07) is 7.37. The first kappa shape index (κ1) is 9.49. The molecule has 64 valence electrons. The molecule has 1 rings (SSSR count). The molecule has 1 atom stereocenters. The van der Waals surface area contributed by atoms with E-state index in [0.29, 0.717) is 4.90 Å². The zero-order chi connectivity index (χ0) is 9.14. The minimum Gasteiger partial charge on any atom is -0.248 e. The highest BCUT2D eigenvalue weighted by atomic mass is 35.5. The van der Waals surface area contributed by atoms with E-state index in [-0.39, 0.29) is 4.36 Å². The molecule has 0 aliphatic carbocycles. The Balaban J connectivity index is 2.98. The topological polar surface area (TPSA) is 17.1 Å². The predicted molar refractivity (Wildman–Crippen MR) is 52.6 cm³/mol. The second-order valence-corrected chi connectivity index (χ2v) is 4.62. The van der Waals surface area contributed by atoms with Gasteiger partial charge in [-0.1, -0.05) is 35.9 Å². The summed E-state index contributed by atoms with van der Waals surface area (Å²) in [5.74, 6) is 0. The van der Waals surface area contributed by atoms with E-state index in [1.165, 1.54) is 0 Å². The number of aryl methyl sites for hydroxylation is 1. The van der Waals surface area contributed by atoms with E-state index in [4.69, 9.17) is 11.6 Å². The normalized spacial score (nSPS) is 12.5. The molecule has 0 fully saturated rings. The average Bonchev–Trinajstić information content (AvgIpc) is 2.04. The van der Waals surface area contributed by atoms with E-state index in [2.05, 4.69) is 6.58 Å². The minimum atomic E-state index is -1.27. The van der Waals surface area contributed by atoms with Gasteiger partial charge in [0.15, 0.2) is 0 Å². The van der Waals surface area contributed by atoms with Crippen LogP contribution in [0.3, 0.4) is 0 Å². The Morgan fingerprint density at radius 1 is 1.42 bits per heavy atom. The average molecular weight is 201 g/mol. The number of hydrogen-bond donors (Lipinski definition) is 0. The van der Waals surface area contributed by atoms with Gasteiger partial charge < -0.3 is 0 Å². The lowest BCUT2D eigenvalue weighted by atomic mass is 10.2. The fourth-order valence-electron chi connectivity index (χ4n) is 0.790. The maximum atomic E-state index is 11.3. The van der Waals surface area contributed by atoms with Crippen molar-refractivity contribution in [1.82, 2.24) is 0 Å². The second kappa shape index (κ2) is 3.87. The quantitative estimate of drug-likeness (QED) is 0.718. The third-order valence-electron chi connectivity index (χ3n) is 1.44. The molecule has 0 aromatic heterocycles. The van der Waals surface area contributed by atoms with Crippen molar-refractivity contribution in [2.75, 3.05) is 0 Å². The van der Waals surface area contributed by atoms with Gasteiger partial charge in [-0.3, -0.25) is 0 Å². The zero-order valence-corrected chi connectivity index (χ0v) is 8.28. The standard InChI is InChI=1S/C9H9ClOS/c1-7-3-5-9(6-4-7)12(11)8(2)10/h3-6H,2H2,1H3. The van der Waals surface area contributed by atoms with Gasteiger partial charge in [0.1, 0.15) is 4.36 Å². The van der Waals surface area contributed by atoms with Gasteiger partial charge in [-0.25, -0.2) is 4.21 Å². The Labute approximate surface area is 79.5 Å². The Hall–Kier alpha value is -0.600. The Morgan fingerprint density at radius 3 is 2.33 bits per heavy atom. The number of benzene rings is 1. The molecule has 0 aliphatic heterocycles. The van der Waals surface area contributed by atoms with Gasteiger partial charge in [0.05, 0.1) is 10.8 Å². The number of hydrogen-bond acceptors (Lipinski definition) is 1. The van der Waals surface area contributed by atoms with Gasteiger partial charge >= 0.3 is 0 Å². The summed E-state index contributed by atoms with van der Waals surface area (Å²) in [5, 5.41) is 0. The summed E-state index contributed by atoms with van der Waals surface area (Å²) in [6.07, 6.45) is 0. The van der Waals surface area contributed by atoms with Crippen molar-refractivity contribution in [3.8, 4) is 0 Å². The number of halogens is 1.